The lowest BCUT2D eigenvalue weighted by molar-refractivity contribution is -0.122. The minimum absolute atomic E-state index is 0.0808. The molecule has 3 fully saturated rings. The molecule has 2 aliphatic heterocycles. The van der Waals surface area contributed by atoms with Gasteiger partial charge in [0.15, 0.2) is 0 Å². The number of hydrogen-bond donors (Lipinski definition) is 1. The van der Waals surface area contributed by atoms with Gasteiger partial charge in [0.25, 0.3) is 0 Å². The number of rotatable bonds is 9. The van der Waals surface area contributed by atoms with E-state index in [0.717, 1.165) is 69.1 Å². The molecule has 0 radical (unpaired) electrons. The lowest BCUT2D eigenvalue weighted by Crippen LogP contribution is -2.45. The molecule has 8 nitrogen and oxygen atoms in total. The van der Waals surface area contributed by atoms with E-state index in [1.54, 1.807) is 16.4 Å². The van der Waals surface area contributed by atoms with E-state index in [1.807, 2.05) is 6.07 Å². The molecule has 3 aliphatic rings. The van der Waals surface area contributed by atoms with E-state index in [-0.39, 0.29) is 11.9 Å². The molecule has 1 aromatic heterocycles. The summed E-state index contributed by atoms with van der Waals surface area (Å²) >= 11 is 0. The number of aryl methyl sites for hydroxylation is 2. The molecule has 1 aliphatic carbocycles. The quantitative estimate of drug-likeness (QED) is 0.588. The molecule has 0 bridgehead atoms. The van der Waals surface area contributed by atoms with Crippen molar-refractivity contribution in [2.45, 2.75) is 88.2 Å². The SMILES string of the molecule is CCCn1c(CCC(=O)NC2CCN(C3CC3)CC2)nc2cc(S(=O)(=O)N3CCCC3)ccc21. The first-order valence-electron chi connectivity index (χ1n) is 13.0. The summed E-state index contributed by atoms with van der Waals surface area (Å²) in [6.07, 6.45) is 8.46. The Hall–Kier alpha value is -1.97. The molecule has 2 aromatic rings. The molecule has 0 unspecified atom stereocenters. The van der Waals surface area contributed by atoms with Crippen LogP contribution in [0, 0.1) is 0 Å². The smallest absolute Gasteiger partial charge is 0.243 e. The lowest BCUT2D eigenvalue weighted by Gasteiger charge is -2.32. The summed E-state index contributed by atoms with van der Waals surface area (Å²) in [7, 11) is -3.48. The van der Waals surface area contributed by atoms with Gasteiger partial charge in [-0.2, -0.15) is 4.31 Å². The number of hydrogen-bond acceptors (Lipinski definition) is 5. The number of carbonyl (C=O) groups excluding carboxylic acids is 1. The Morgan fingerprint density at radius 2 is 1.82 bits per heavy atom. The molecular weight excluding hydrogens is 450 g/mol. The van der Waals surface area contributed by atoms with E-state index in [2.05, 4.69) is 21.7 Å². The number of sulfonamides is 1. The third kappa shape index (κ3) is 5.02. The number of nitrogens with one attached hydrogen (secondary N) is 1. The molecule has 1 saturated carbocycles. The number of likely N-dealkylation sites (tertiary alicyclic amines) is 1. The molecule has 34 heavy (non-hydrogen) atoms. The van der Waals surface area contributed by atoms with E-state index in [9.17, 15) is 13.2 Å². The van der Waals surface area contributed by atoms with Gasteiger partial charge in [-0.05, 0) is 63.1 Å². The fourth-order valence-corrected chi connectivity index (χ4v) is 6.97. The van der Waals surface area contributed by atoms with Crippen molar-refractivity contribution in [3.63, 3.8) is 0 Å². The zero-order chi connectivity index (χ0) is 23.7. The van der Waals surface area contributed by atoms with Crippen LogP contribution in [0.4, 0.5) is 0 Å². The zero-order valence-electron chi connectivity index (χ0n) is 20.2. The summed E-state index contributed by atoms with van der Waals surface area (Å²) in [4.78, 5) is 20.3. The van der Waals surface area contributed by atoms with Crippen molar-refractivity contribution in [1.29, 1.82) is 0 Å². The zero-order valence-corrected chi connectivity index (χ0v) is 21.0. The Morgan fingerprint density at radius 1 is 1.09 bits per heavy atom. The van der Waals surface area contributed by atoms with E-state index >= 15 is 0 Å². The number of amides is 1. The van der Waals surface area contributed by atoms with Gasteiger partial charge in [-0.25, -0.2) is 13.4 Å². The second-order valence-electron chi connectivity index (χ2n) is 10.1. The van der Waals surface area contributed by atoms with Gasteiger partial charge in [-0.3, -0.25) is 4.79 Å². The topological polar surface area (TPSA) is 87.5 Å². The predicted octanol–water partition coefficient (Wildman–Crippen LogP) is 2.91. The normalized spacial score (nSPS) is 20.9. The maximum Gasteiger partial charge on any atom is 0.243 e. The van der Waals surface area contributed by atoms with E-state index < -0.39 is 10.0 Å². The van der Waals surface area contributed by atoms with Gasteiger partial charge in [0.2, 0.25) is 15.9 Å². The molecule has 1 aromatic carbocycles. The molecule has 9 heteroatoms. The molecule has 1 amide bonds. The van der Waals surface area contributed by atoms with Gasteiger partial charge in [-0.15, -0.1) is 0 Å². The molecule has 2 saturated heterocycles. The van der Waals surface area contributed by atoms with Gasteiger partial charge in [0.1, 0.15) is 5.82 Å². The monoisotopic (exact) mass is 487 g/mol. The lowest BCUT2D eigenvalue weighted by atomic mass is 10.0. The van der Waals surface area contributed by atoms with Gasteiger partial charge < -0.3 is 14.8 Å². The molecule has 0 spiro atoms. The summed E-state index contributed by atoms with van der Waals surface area (Å²) in [6, 6.07) is 6.35. The highest BCUT2D eigenvalue weighted by molar-refractivity contribution is 7.89. The van der Waals surface area contributed by atoms with Crippen molar-refractivity contribution in [2.75, 3.05) is 26.2 Å². The average Bonchev–Trinajstić information content (AvgIpc) is 3.40. The van der Waals surface area contributed by atoms with Crippen molar-refractivity contribution >= 4 is 27.0 Å². The highest BCUT2D eigenvalue weighted by Crippen LogP contribution is 2.29. The number of benzene rings is 1. The van der Waals surface area contributed by atoms with E-state index in [4.69, 9.17) is 4.98 Å². The highest BCUT2D eigenvalue weighted by atomic mass is 32.2. The number of nitrogens with zero attached hydrogens (tertiary/aromatic N) is 4. The summed E-state index contributed by atoms with van der Waals surface area (Å²) < 4.78 is 29.7. The molecule has 1 N–H and O–H groups in total. The fourth-order valence-electron chi connectivity index (χ4n) is 5.44. The van der Waals surface area contributed by atoms with E-state index in [1.165, 1.54) is 12.8 Å². The molecule has 0 atom stereocenters. The van der Waals surface area contributed by atoms with Crippen LogP contribution in [0.2, 0.25) is 0 Å². The number of fused-ring (bicyclic) bond motifs is 1. The largest absolute Gasteiger partial charge is 0.353 e. The summed E-state index contributed by atoms with van der Waals surface area (Å²) in [5.41, 5.74) is 1.63. The van der Waals surface area contributed by atoms with Crippen LogP contribution in [0.5, 0.6) is 0 Å². The van der Waals surface area contributed by atoms with Crippen LogP contribution in [0.3, 0.4) is 0 Å². The van der Waals surface area contributed by atoms with Crippen molar-refractivity contribution in [2.24, 2.45) is 0 Å². The van der Waals surface area contributed by atoms with Gasteiger partial charge in [0.05, 0.1) is 15.9 Å². The Kier molecular flexibility index (Phi) is 6.95. The van der Waals surface area contributed by atoms with Crippen molar-refractivity contribution in [3.05, 3.63) is 24.0 Å². The summed E-state index contributed by atoms with van der Waals surface area (Å²) in [5.74, 6) is 0.934. The first-order valence-corrected chi connectivity index (χ1v) is 14.4. The predicted molar refractivity (Wildman–Crippen MR) is 132 cm³/mol. The third-order valence-corrected chi connectivity index (χ3v) is 9.38. The van der Waals surface area contributed by atoms with Crippen molar-refractivity contribution in [3.8, 4) is 0 Å². The highest BCUT2D eigenvalue weighted by Gasteiger charge is 2.32. The van der Waals surface area contributed by atoms with Crippen LogP contribution in [0.25, 0.3) is 11.0 Å². The van der Waals surface area contributed by atoms with Gasteiger partial charge in [0, 0.05) is 57.6 Å². The van der Waals surface area contributed by atoms with Crippen LogP contribution in [-0.2, 0) is 27.8 Å². The van der Waals surface area contributed by atoms with E-state index in [0.29, 0.717) is 36.3 Å². The summed E-state index contributed by atoms with van der Waals surface area (Å²) in [6.45, 7) is 6.26. The van der Waals surface area contributed by atoms with Gasteiger partial charge in [-0.1, -0.05) is 6.92 Å². The first kappa shape index (κ1) is 23.8. The Labute approximate surface area is 202 Å². The van der Waals surface area contributed by atoms with Crippen molar-refractivity contribution < 1.29 is 13.2 Å². The second-order valence-corrected chi connectivity index (χ2v) is 12.0. The van der Waals surface area contributed by atoms with Crippen LogP contribution in [0.1, 0.15) is 64.1 Å². The van der Waals surface area contributed by atoms with Crippen LogP contribution < -0.4 is 5.32 Å². The fraction of sp³-hybridized carbons (Fsp3) is 0.680. The Morgan fingerprint density at radius 3 is 2.50 bits per heavy atom. The maximum absolute atomic E-state index is 13.0. The Balaban J connectivity index is 1.25. The third-order valence-electron chi connectivity index (χ3n) is 7.48. The summed E-state index contributed by atoms with van der Waals surface area (Å²) in [5, 5.41) is 3.23. The standard InChI is InChI=1S/C25H37N5O3S/c1-2-13-30-23-8-7-21(34(32,33)29-14-3-4-15-29)18-22(23)27-24(30)9-10-25(31)26-19-11-16-28(17-12-19)20-5-6-20/h7-8,18-20H,2-6,9-17H2,1H3,(H,26,31). The van der Waals surface area contributed by atoms with Crippen LogP contribution in [0.15, 0.2) is 23.1 Å². The minimum Gasteiger partial charge on any atom is -0.353 e. The first-order chi connectivity index (χ1) is 16.5. The number of carbonyl (C=O) groups is 1. The Bertz CT molecular complexity index is 1130. The van der Waals surface area contributed by atoms with Crippen LogP contribution in [-0.4, -0.2) is 71.3 Å². The van der Waals surface area contributed by atoms with Crippen LogP contribution >= 0.6 is 0 Å². The number of piperidine rings is 1. The molecule has 3 heterocycles. The van der Waals surface area contributed by atoms with Gasteiger partial charge >= 0.3 is 0 Å². The molecule has 186 valence electrons. The number of aromatic nitrogens is 2. The average molecular weight is 488 g/mol. The molecular formula is C25H37N5O3S. The van der Waals surface area contributed by atoms with Crippen molar-refractivity contribution in [1.82, 2.24) is 24.1 Å². The second kappa shape index (κ2) is 9.95. The minimum atomic E-state index is -3.48. The number of imidazole rings is 1. The molecule has 5 rings (SSSR count). The maximum atomic E-state index is 13.0.